The molecular formula is C10H21N. The summed E-state index contributed by atoms with van der Waals surface area (Å²) < 4.78 is 0. The van der Waals surface area contributed by atoms with E-state index in [1.807, 2.05) is 0 Å². The van der Waals surface area contributed by atoms with Gasteiger partial charge in [0.15, 0.2) is 0 Å². The van der Waals surface area contributed by atoms with E-state index < -0.39 is 0 Å². The molecule has 1 saturated carbocycles. The molecule has 0 heterocycles. The predicted octanol–water partition coefficient (Wildman–Crippen LogP) is 2.69. The second-order valence-electron chi connectivity index (χ2n) is 4.86. The van der Waals surface area contributed by atoms with Crippen molar-refractivity contribution in [3.63, 3.8) is 0 Å². The highest BCUT2D eigenvalue weighted by atomic mass is 14.8. The maximum Gasteiger partial charge on any atom is 0.0177 e. The monoisotopic (exact) mass is 155 g/mol. The van der Waals surface area contributed by atoms with Crippen LogP contribution in [0.15, 0.2) is 0 Å². The summed E-state index contributed by atoms with van der Waals surface area (Å²) in [5.74, 6) is 0. The lowest BCUT2D eigenvalue weighted by molar-refractivity contribution is 0.170. The van der Waals surface area contributed by atoms with Crippen molar-refractivity contribution in [1.29, 1.82) is 0 Å². The minimum Gasteiger partial charge on any atom is -0.325 e. The van der Waals surface area contributed by atoms with Crippen LogP contribution < -0.4 is 5.73 Å². The van der Waals surface area contributed by atoms with Gasteiger partial charge in [-0.15, -0.1) is 0 Å². The van der Waals surface area contributed by atoms with E-state index in [1.165, 1.54) is 32.1 Å². The third kappa shape index (κ3) is 1.76. The van der Waals surface area contributed by atoms with Crippen LogP contribution in [0.5, 0.6) is 0 Å². The highest BCUT2D eigenvalue weighted by Gasteiger charge is 2.37. The Bertz CT molecular complexity index is 120. The summed E-state index contributed by atoms with van der Waals surface area (Å²) >= 11 is 0. The highest BCUT2D eigenvalue weighted by molar-refractivity contribution is 4.95. The molecule has 66 valence electrons. The van der Waals surface area contributed by atoms with Crippen molar-refractivity contribution in [3.05, 3.63) is 0 Å². The summed E-state index contributed by atoms with van der Waals surface area (Å²) in [5, 5.41) is 0. The van der Waals surface area contributed by atoms with Crippen LogP contribution in [0.1, 0.15) is 52.9 Å². The average Bonchev–Trinajstić information content (AvgIpc) is 1.94. The van der Waals surface area contributed by atoms with Gasteiger partial charge in [0.05, 0.1) is 0 Å². The first-order chi connectivity index (χ1) is 4.96. The quantitative estimate of drug-likeness (QED) is 0.535. The molecule has 1 fully saturated rings. The Hall–Kier alpha value is -0.0400. The highest BCUT2D eigenvalue weighted by Crippen LogP contribution is 2.40. The fourth-order valence-electron chi connectivity index (χ4n) is 1.86. The zero-order valence-corrected chi connectivity index (χ0v) is 8.11. The number of rotatable bonds is 0. The van der Waals surface area contributed by atoms with E-state index in [4.69, 9.17) is 5.73 Å². The molecule has 1 nitrogen and oxygen atoms in total. The van der Waals surface area contributed by atoms with Crippen molar-refractivity contribution in [2.24, 2.45) is 11.1 Å². The molecular weight excluding hydrogens is 134 g/mol. The molecule has 1 rings (SSSR count). The van der Waals surface area contributed by atoms with Crippen LogP contribution in [0, 0.1) is 5.41 Å². The fraction of sp³-hybridized carbons (Fsp3) is 1.00. The summed E-state index contributed by atoms with van der Waals surface area (Å²) in [5.41, 5.74) is 6.65. The second-order valence-corrected chi connectivity index (χ2v) is 4.86. The van der Waals surface area contributed by atoms with Crippen molar-refractivity contribution in [1.82, 2.24) is 0 Å². The van der Waals surface area contributed by atoms with E-state index in [1.54, 1.807) is 0 Å². The van der Waals surface area contributed by atoms with Gasteiger partial charge in [0.1, 0.15) is 0 Å². The van der Waals surface area contributed by atoms with E-state index in [0.29, 0.717) is 5.41 Å². The van der Waals surface area contributed by atoms with Crippen LogP contribution in [0.3, 0.4) is 0 Å². The molecule has 0 aromatic rings. The van der Waals surface area contributed by atoms with Crippen LogP contribution in [0.4, 0.5) is 0 Å². The largest absolute Gasteiger partial charge is 0.325 e. The van der Waals surface area contributed by atoms with Crippen molar-refractivity contribution >= 4 is 0 Å². The third-order valence-corrected chi connectivity index (χ3v) is 3.54. The lowest BCUT2D eigenvalue weighted by atomic mass is 9.71. The molecule has 0 aromatic heterocycles. The van der Waals surface area contributed by atoms with Crippen molar-refractivity contribution in [3.8, 4) is 0 Å². The van der Waals surface area contributed by atoms with E-state index in [0.717, 1.165) is 0 Å². The van der Waals surface area contributed by atoms with Crippen molar-refractivity contribution in [2.45, 2.75) is 58.4 Å². The molecule has 1 aliphatic rings. The topological polar surface area (TPSA) is 26.0 Å². The van der Waals surface area contributed by atoms with Crippen molar-refractivity contribution in [2.75, 3.05) is 0 Å². The third-order valence-electron chi connectivity index (χ3n) is 3.54. The second kappa shape index (κ2) is 2.78. The molecule has 0 radical (unpaired) electrons. The van der Waals surface area contributed by atoms with Crippen LogP contribution in [-0.2, 0) is 0 Å². The van der Waals surface area contributed by atoms with Gasteiger partial charge in [-0.1, -0.05) is 33.1 Å². The van der Waals surface area contributed by atoms with Gasteiger partial charge < -0.3 is 5.73 Å². The molecule has 0 bridgehead atoms. The van der Waals surface area contributed by atoms with E-state index in [9.17, 15) is 0 Å². The molecule has 1 aliphatic carbocycles. The summed E-state index contributed by atoms with van der Waals surface area (Å²) in [6, 6.07) is 0. The summed E-state index contributed by atoms with van der Waals surface area (Å²) in [4.78, 5) is 0. The van der Waals surface area contributed by atoms with Gasteiger partial charge in [-0.2, -0.15) is 0 Å². The fourth-order valence-corrected chi connectivity index (χ4v) is 1.86. The summed E-state index contributed by atoms with van der Waals surface area (Å²) in [7, 11) is 0. The summed E-state index contributed by atoms with van der Waals surface area (Å²) in [6.45, 7) is 6.81. The normalized spacial score (nSPS) is 38.2. The van der Waals surface area contributed by atoms with Gasteiger partial charge >= 0.3 is 0 Å². The van der Waals surface area contributed by atoms with Gasteiger partial charge in [-0.05, 0) is 25.2 Å². The molecule has 0 aromatic carbocycles. The minimum absolute atomic E-state index is 0.0590. The molecule has 1 atom stereocenters. The Morgan fingerprint density at radius 1 is 0.909 bits per heavy atom. The Morgan fingerprint density at radius 3 is 2.09 bits per heavy atom. The van der Waals surface area contributed by atoms with Crippen LogP contribution in [0.25, 0.3) is 0 Å². The standard InChI is InChI=1S/C10H21N/c1-9(2)7-5-4-6-8-10(9,3)11/h4-8,11H2,1-3H3. The smallest absolute Gasteiger partial charge is 0.0177 e. The lowest BCUT2D eigenvalue weighted by Gasteiger charge is -2.40. The van der Waals surface area contributed by atoms with Gasteiger partial charge in [0.25, 0.3) is 0 Å². The van der Waals surface area contributed by atoms with Gasteiger partial charge in [0.2, 0.25) is 0 Å². The number of hydrogen-bond donors (Lipinski definition) is 1. The molecule has 11 heavy (non-hydrogen) atoms. The molecule has 1 unspecified atom stereocenters. The molecule has 0 aliphatic heterocycles. The molecule has 1 heteroatoms. The first kappa shape index (κ1) is 9.05. The average molecular weight is 155 g/mol. The van der Waals surface area contributed by atoms with Crippen LogP contribution >= 0.6 is 0 Å². The predicted molar refractivity (Wildman–Crippen MR) is 49.5 cm³/mol. The van der Waals surface area contributed by atoms with Gasteiger partial charge in [-0.3, -0.25) is 0 Å². The van der Waals surface area contributed by atoms with E-state index in [-0.39, 0.29) is 5.54 Å². The molecule has 0 amide bonds. The number of nitrogens with two attached hydrogens (primary N) is 1. The Kier molecular flexibility index (Phi) is 2.29. The Balaban J connectivity index is 2.72. The molecule has 2 N–H and O–H groups in total. The van der Waals surface area contributed by atoms with Gasteiger partial charge in [-0.25, -0.2) is 0 Å². The van der Waals surface area contributed by atoms with E-state index in [2.05, 4.69) is 20.8 Å². The maximum absolute atomic E-state index is 6.26. The first-order valence-electron chi connectivity index (χ1n) is 4.75. The maximum atomic E-state index is 6.26. The number of hydrogen-bond acceptors (Lipinski definition) is 1. The zero-order valence-electron chi connectivity index (χ0n) is 8.11. The molecule has 0 spiro atoms. The lowest BCUT2D eigenvalue weighted by Crippen LogP contribution is -2.49. The Labute approximate surface area is 70.4 Å². The van der Waals surface area contributed by atoms with Crippen molar-refractivity contribution < 1.29 is 0 Å². The van der Waals surface area contributed by atoms with Crippen LogP contribution in [0.2, 0.25) is 0 Å². The summed E-state index contributed by atoms with van der Waals surface area (Å²) in [6.07, 6.45) is 6.53. The molecule has 0 saturated heterocycles. The zero-order chi connectivity index (χ0) is 8.54. The SMILES string of the molecule is CC1(C)CCCCCC1(C)N. The van der Waals surface area contributed by atoms with Gasteiger partial charge in [0, 0.05) is 5.54 Å². The van der Waals surface area contributed by atoms with E-state index >= 15 is 0 Å². The van der Waals surface area contributed by atoms with Crippen LogP contribution in [-0.4, -0.2) is 5.54 Å². The minimum atomic E-state index is 0.0590. The Morgan fingerprint density at radius 2 is 1.45 bits per heavy atom. The first-order valence-corrected chi connectivity index (χ1v) is 4.75.